The van der Waals surface area contributed by atoms with E-state index in [1.54, 1.807) is 0 Å². The largest absolute Gasteiger partial charge is 0.472 e. The minimum absolute atomic E-state index is 0.0363. The quantitative estimate of drug-likeness (QED) is 0.0145. The van der Waals surface area contributed by atoms with E-state index in [1.807, 2.05) is 6.08 Å². The lowest BCUT2D eigenvalue weighted by molar-refractivity contribution is -0.220. The Morgan fingerprint density at radius 1 is 0.449 bits per heavy atom. The Morgan fingerprint density at radius 2 is 0.797 bits per heavy atom. The van der Waals surface area contributed by atoms with Crippen LogP contribution in [0.25, 0.3) is 0 Å². The van der Waals surface area contributed by atoms with Crippen molar-refractivity contribution in [1.29, 1.82) is 0 Å². The van der Waals surface area contributed by atoms with Crippen molar-refractivity contribution in [3.63, 3.8) is 0 Å². The van der Waals surface area contributed by atoms with E-state index in [4.69, 9.17) is 18.5 Å². The third-order valence-corrected chi connectivity index (χ3v) is 14.3. The molecule has 1 aliphatic carbocycles. The standard InChI is InChI=1S/C55H103O13P/c1-3-5-7-9-11-13-15-17-19-21-22-23-24-25-26-28-29-31-33-35-37-39-41-43-48(56)65-45-47(46-66-69(63,64)68-55-53(61)51(59)50(58)52(60)54(55)62)67-49(57)44-42-40-38-36-34-32-30-27-20-18-16-14-12-10-8-6-4-2/h30,32,36,38,47,50-55,58-62H,3-29,31,33-35,37,39-46H2,1-2H3,(H,63,64)/b32-30+,38-36+/t47-,50?,51-,52?,53?,54?,55?/m0/s1. The molecular weight excluding hydrogens is 900 g/mol. The summed E-state index contributed by atoms with van der Waals surface area (Å²) in [6.45, 7) is 3.32. The van der Waals surface area contributed by atoms with Crippen LogP contribution >= 0.6 is 7.82 Å². The number of phosphoric acid groups is 1. The molecule has 0 aromatic carbocycles. The number of esters is 2. The minimum atomic E-state index is -5.13. The molecular formula is C55H103O13P. The van der Waals surface area contributed by atoms with Gasteiger partial charge in [-0.2, -0.15) is 0 Å². The molecule has 6 N–H and O–H groups in total. The third kappa shape index (κ3) is 36.8. The highest BCUT2D eigenvalue weighted by Crippen LogP contribution is 2.47. The minimum Gasteiger partial charge on any atom is -0.462 e. The van der Waals surface area contributed by atoms with Gasteiger partial charge in [-0.25, -0.2) is 4.57 Å². The fraction of sp³-hybridized carbons (Fsp3) is 0.891. The van der Waals surface area contributed by atoms with Gasteiger partial charge in [0.1, 0.15) is 43.2 Å². The van der Waals surface area contributed by atoms with Gasteiger partial charge in [-0.15, -0.1) is 0 Å². The van der Waals surface area contributed by atoms with Gasteiger partial charge in [0.2, 0.25) is 0 Å². The van der Waals surface area contributed by atoms with Crippen LogP contribution in [-0.2, 0) is 32.7 Å². The highest BCUT2D eigenvalue weighted by atomic mass is 31.2. The molecule has 1 rings (SSSR count). The number of hydrogen-bond acceptors (Lipinski definition) is 12. The molecule has 14 heteroatoms. The summed E-state index contributed by atoms with van der Waals surface area (Å²) in [6.07, 6.45) is 39.6. The van der Waals surface area contributed by atoms with Gasteiger partial charge in [-0.1, -0.05) is 231 Å². The number of aliphatic hydroxyl groups is 5. The number of allylic oxidation sites excluding steroid dienone is 4. The van der Waals surface area contributed by atoms with E-state index in [9.17, 15) is 44.6 Å². The van der Waals surface area contributed by atoms with E-state index in [0.717, 1.165) is 32.1 Å². The van der Waals surface area contributed by atoms with Gasteiger partial charge in [0.05, 0.1) is 6.61 Å². The van der Waals surface area contributed by atoms with E-state index < -0.39 is 75.7 Å². The molecule has 1 saturated carbocycles. The van der Waals surface area contributed by atoms with Crippen LogP contribution in [0.3, 0.4) is 0 Å². The zero-order valence-electron chi connectivity index (χ0n) is 43.6. The van der Waals surface area contributed by atoms with Crippen molar-refractivity contribution in [2.45, 2.75) is 301 Å². The van der Waals surface area contributed by atoms with Crippen molar-refractivity contribution >= 4 is 19.8 Å². The topological polar surface area (TPSA) is 210 Å². The average Bonchev–Trinajstić information content (AvgIpc) is 3.33. The fourth-order valence-corrected chi connectivity index (χ4v) is 9.77. The van der Waals surface area contributed by atoms with Crippen molar-refractivity contribution in [1.82, 2.24) is 0 Å². The Bertz CT molecular complexity index is 1300. The van der Waals surface area contributed by atoms with Gasteiger partial charge in [-0.05, 0) is 38.5 Å². The Morgan fingerprint density at radius 3 is 1.22 bits per heavy atom. The number of ether oxygens (including phenoxy) is 2. The first-order chi connectivity index (χ1) is 33.4. The van der Waals surface area contributed by atoms with Crippen molar-refractivity contribution < 1.29 is 63.1 Å². The number of aliphatic hydroxyl groups excluding tert-OH is 5. The molecule has 0 bridgehead atoms. The maximum absolute atomic E-state index is 12.9. The first-order valence-electron chi connectivity index (χ1n) is 28.1. The monoisotopic (exact) mass is 1000 g/mol. The molecule has 8 atom stereocenters. The zero-order chi connectivity index (χ0) is 50.6. The molecule has 0 amide bonds. The molecule has 69 heavy (non-hydrogen) atoms. The summed E-state index contributed by atoms with van der Waals surface area (Å²) in [4.78, 5) is 35.9. The number of unbranched alkanes of at least 4 members (excludes halogenated alkanes) is 32. The summed E-state index contributed by atoms with van der Waals surface area (Å²) in [7, 11) is -5.13. The molecule has 6 unspecified atom stereocenters. The lowest BCUT2D eigenvalue weighted by Gasteiger charge is -2.41. The first-order valence-corrected chi connectivity index (χ1v) is 29.6. The zero-order valence-corrected chi connectivity index (χ0v) is 44.5. The maximum Gasteiger partial charge on any atom is 0.472 e. The van der Waals surface area contributed by atoms with Crippen LogP contribution in [0.15, 0.2) is 24.3 Å². The van der Waals surface area contributed by atoms with Crippen molar-refractivity contribution in [2.75, 3.05) is 13.2 Å². The van der Waals surface area contributed by atoms with Crippen LogP contribution in [0.2, 0.25) is 0 Å². The van der Waals surface area contributed by atoms with E-state index >= 15 is 0 Å². The molecule has 0 aromatic heterocycles. The van der Waals surface area contributed by atoms with Crippen LogP contribution in [0, 0.1) is 0 Å². The van der Waals surface area contributed by atoms with Crippen LogP contribution < -0.4 is 0 Å². The molecule has 0 radical (unpaired) electrons. The number of phosphoric ester groups is 1. The van der Waals surface area contributed by atoms with Crippen molar-refractivity contribution in [3.8, 4) is 0 Å². The van der Waals surface area contributed by atoms with Crippen molar-refractivity contribution in [3.05, 3.63) is 24.3 Å². The maximum atomic E-state index is 12.9. The van der Waals surface area contributed by atoms with Gasteiger partial charge >= 0.3 is 19.8 Å². The van der Waals surface area contributed by atoms with E-state index in [1.165, 1.54) is 180 Å². The van der Waals surface area contributed by atoms with Crippen molar-refractivity contribution in [2.24, 2.45) is 0 Å². The highest BCUT2D eigenvalue weighted by Gasteiger charge is 2.51. The second kappa shape index (κ2) is 45.0. The smallest absolute Gasteiger partial charge is 0.462 e. The van der Waals surface area contributed by atoms with E-state index in [-0.39, 0.29) is 12.8 Å². The summed E-state index contributed by atoms with van der Waals surface area (Å²) in [6, 6.07) is 0. The fourth-order valence-electron chi connectivity index (χ4n) is 8.80. The molecule has 1 aliphatic rings. The predicted octanol–water partition coefficient (Wildman–Crippen LogP) is 12.7. The number of rotatable bonds is 48. The lowest BCUT2D eigenvalue weighted by atomic mass is 9.85. The molecule has 13 nitrogen and oxygen atoms in total. The second-order valence-electron chi connectivity index (χ2n) is 19.8. The second-order valence-corrected chi connectivity index (χ2v) is 21.2. The highest BCUT2D eigenvalue weighted by molar-refractivity contribution is 7.47. The average molecular weight is 1000 g/mol. The Hall–Kier alpha value is -1.67. The van der Waals surface area contributed by atoms with Crippen LogP contribution in [0.1, 0.15) is 258 Å². The Kier molecular flexibility index (Phi) is 42.6. The molecule has 0 aromatic rings. The molecule has 0 spiro atoms. The predicted molar refractivity (Wildman–Crippen MR) is 277 cm³/mol. The number of carbonyl (C=O) groups excluding carboxylic acids is 2. The summed E-state index contributed by atoms with van der Waals surface area (Å²) >= 11 is 0. The van der Waals surface area contributed by atoms with Gasteiger partial charge in [0, 0.05) is 12.8 Å². The number of hydrogen-bond donors (Lipinski definition) is 6. The molecule has 0 aliphatic heterocycles. The summed E-state index contributed by atoms with van der Waals surface area (Å²) < 4.78 is 33.7. The number of carbonyl (C=O) groups is 2. The van der Waals surface area contributed by atoms with Crippen LogP contribution in [0.4, 0.5) is 0 Å². The SMILES string of the molecule is CCCCCCCCCCC/C=C/C/C=C/CCCC(=O)O[C@@H](COC(=O)CCCCCCCCCCCCCCCCCCCCCCCCC)COP(=O)(O)OC1C(O)C(O)C(O)[C@H](O)C1O. The molecule has 406 valence electrons. The molecule has 0 saturated heterocycles. The Balaban J connectivity index is 2.34. The summed E-state index contributed by atoms with van der Waals surface area (Å²) in [5.74, 6) is -1.14. The van der Waals surface area contributed by atoms with Crippen LogP contribution in [-0.4, -0.2) is 98.3 Å². The van der Waals surface area contributed by atoms with E-state index in [0.29, 0.717) is 19.3 Å². The lowest BCUT2D eigenvalue weighted by Crippen LogP contribution is -2.64. The molecule has 0 heterocycles. The van der Waals surface area contributed by atoms with Gasteiger partial charge in [-0.3, -0.25) is 18.6 Å². The normalized spacial score (nSPS) is 21.0. The van der Waals surface area contributed by atoms with Gasteiger partial charge < -0.3 is 39.9 Å². The third-order valence-electron chi connectivity index (χ3n) is 13.3. The summed E-state index contributed by atoms with van der Waals surface area (Å²) in [5, 5.41) is 50.3. The van der Waals surface area contributed by atoms with Gasteiger partial charge in [0.25, 0.3) is 0 Å². The molecule has 1 fully saturated rings. The van der Waals surface area contributed by atoms with E-state index in [2.05, 4.69) is 32.1 Å². The Labute approximate surface area is 419 Å². The first kappa shape index (κ1) is 65.3. The van der Waals surface area contributed by atoms with Crippen LogP contribution in [0.5, 0.6) is 0 Å². The summed E-state index contributed by atoms with van der Waals surface area (Å²) in [5.41, 5.74) is 0. The van der Waals surface area contributed by atoms with Gasteiger partial charge in [0.15, 0.2) is 6.10 Å².